The highest BCUT2D eigenvalue weighted by atomic mass is 32.1. The average molecular weight is 446 g/mol. The lowest BCUT2D eigenvalue weighted by Gasteiger charge is -2.21. The van der Waals surface area contributed by atoms with E-state index in [2.05, 4.69) is 28.7 Å². The number of rotatable bonds is 7. The third kappa shape index (κ3) is 5.40. The molecule has 5 heteroatoms. The van der Waals surface area contributed by atoms with Crippen molar-refractivity contribution >= 4 is 28.8 Å². The summed E-state index contributed by atoms with van der Waals surface area (Å²) in [6.07, 6.45) is 6.34. The van der Waals surface area contributed by atoms with Crippen molar-refractivity contribution in [3.8, 4) is 21.6 Å². The van der Waals surface area contributed by atoms with Gasteiger partial charge in [-0.05, 0) is 34.9 Å². The topological polar surface area (TPSA) is 55.7 Å². The van der Waals surface area contributed by atoms with E-state index >= 15 is 0 Å². The Morgan fingerprint density at radius 2 is 1.66 bits per heavy atom. The van der Waals surface area contributed by atoms with E-state index in [-0.39, 0.29) is 5.78 Å². The standard InChI is InChI=1S/C27H27NO3S/c1-19(29)31-28-25(18-20-8-4-2-5-9-20)26(30)22-12-14-23(15-13-22)27-24(16-17-32-27)21-10-6-3-7-11-21/h3,6-7,10-17,20H,2,4-5,8-9,18H2,1H3. The summed E-state index contributed by atoms with van der Waals surface area (Å²) in [4.78, 5) is 30.5. The molecule has 1 aromatic heterocycles. The summed E-state index contributed by atoms with van der Waals surface area (Å²) in [5.41, 5.74) is 4.33. The maximum Gasteiger partial charge on any atom is 0.331 e. The van der Waals surface area contributed by atoms with Gasteiger partial charge < -0.3 is 4.84 Å². The Hall–Kier alpha value is -3.05. The van der Waals surface area contributed by atoms with Crippen molar-refractivity contribution in [3.05, 3.63) is 71.6 Å². The van der Waals surface area contributed by atoms with Crippen LogP contribution < -0.4 is 0 Å². The molecule has 32 heavy (non-hydrogen) atoms. The molecule has 4 rings (SSSR count). The zero-order chi connectivity index (χ0) is 22.3. The van der Waals surface area contributed by atoms with Crippen molar-refractivity contribution in [2.75, 3.05) is 0 Å². The second-order valence-electron chi connectivity index (χ2n) is 8.26. The number of nitrogens with zero attached hydrogens (tertiary/aromatic N) is 1. The first-order valence-electron chi connectivity index (χ1n) is 11.1. The minimum Gasteiger partial charge on any atom is -0.318 e. The van der Waals surface area contributed by atoms with E-state index in [0.717, 1.165) is 18.4 Å². The summed E-state index contributed by atoms with van der Waals surface area (Å²) in [5.74, 6) is -0.265. The first-order valence-corrected chi connectivity index (χ1v) is 12.0. The largest absolute Gasteiger partial charge is 0.331 e. The number of hydrogen-bond donors (Lipinski definition) is 0. The Labute approximate surface area is 192 Å². The molecule has 0 atom stereocenters. The number of carbonyl (C=O) groups is 2. The van der Waals surface area contributed by atoms with Crippen molar-refractivity contribution in [3.63, 3.8) is 0 Å². The minimum absolute atomic E-state index is 0.169. The third-order valence-electron chi connectivity index (χ3n) is 5.91. The predicted octanol–water partition coefficient (Wildman–Crippen LogP) is 7.15. The van der Waals surface area contributed by atoms with Crippen molar-refractivity contribution in [1.29, 1.82) is 0 Å². The molecule has 2 aromatic carbocycles. The summed E-state index contributed by atoms with van der Waals surface area (Å²) >= 11 is 1.69. The van der Waals surface area contributed by atoms with E-state index in [9.17, 15) is 9.59 Å². The van der Waals surface area contributed by atoms with Gasteiger partial charge in [-0.15, -0.1) is 11.3 Å². The van der Waals surface area contributed by atoms with Gasteiger partial charge in [0.05, 0.1) is 0 Å². The molecule has 0 saturated heterocycles. The van der Waals surface area contributed by atoms with Crippen molar-refractivity contribution < 1.29 is 14.4 Å². The lowest BCUT2D eigenvalue weighted by atomic mass is 9.84. The van der Waals surface area contributed by atoms with Crippen LogP contribution in [0.5, 0.6) is 0 Å². The summed E-state index contributed by atoms with van der Waals surface area (Å²) in [5, 5.41) is 6.03. The first-order chi connectivity index (χ1) is 15.6. The molecule has 1 fully saturated rings. The Morgan fingerprint density at radius 3 is 2.34 bits per heavy atom. The monoisotopic (exact) mass is 445 g/mol. The van der Waals surface area contributed by atoms with Crippen molar-refractivity contribution in [1.82, 2.24) is 0 Å². The highest BCUT2D eigenvalue weighted by Crippen LogP contribution is 2.37. The maximum absolute atomic E-state index is 13.2. The molecule has 0 unspecified atom stereocenters. The van der Waals surface area contributed by atoms with Crippen LogP contribution in [0.3, 0.4) is 0 Å². The molecule has 1 aliphatic carbocycles. The van der Waals surface area contributed by atoms with Crippen LogP contribution in [0, 0.1) is 5.92 Å². The highest BCUT2D eigenvalue weighted by Gasteiger charge is 2.22. The number of hydrogen-bond acceptors (Lipinski definition) is 5. The first kappa shape index (κ1) is 22.2. The number of Topliss-reactive ketones (excluding diaryl/α,β-unsaturated/α-hetero) is 1. The number of carbonyl (C=O) groups excluding carboxylic acids is 2. The molecule has 4 nitrogen and oxygen atoms in total. The van der Waals surface area contributed by atoms with Gasteiger partial charge in [0.1, 0.15) is 5.71 Å². The van der Waals surface area contributed by atoms with Gasteiger partial charge >= 0.3 is 5.97 Å². The number of oxime groups is 1. The molecule has 0 amide bonds. The van der Waals surface area contributed by atoms with Crippen LogP contribution in [0.2, 0.25) is 0 Å². The zero-order valence-corrected chi connectivity index (χ0v) is 19.1. The molecule has 0 spiro atoms. The molecule has 1 heterocycles. The van der Waals surface area contributed by atoms with Gasteiger partial charge in [0, 0.05) is 22.9 Å². The quantitative estimate of drug-likeness (QED) is 0.168. The number of thiophene rings is 1. The molecule has 164 valence electrons. The minimum atomic E-state index is -0.513. The maximum atomic E-state index is 13.2. The van der Waals surface area contributed by atoms with Gasteiger partial charge in [-0.3, -0.25) is 4.79 Å². The highest BCUT2D eigenvalue weighted by molar-refractivity contribution is 7.14. The normalized spacial score (nSPS) is 14.8. The zero-order valence-electron chi connectivity index (χ0n) is 18.3. The van der Waals surface area contributed by atoms with Crippen LogP contribution in [0.1, 0.15) is 55.8 Å². The Morgan fingerprint density at radius 1 is 0.938 bits per heavy atom. The molecule has 1 aliphatic rings. The second-order valence-corrected chi connectivity index (χ2v) is 9.18. The van der Waals surface area contributed by atoms with E-state index in [0.29, 0.717) is 23.6 Å². The van der Waals surface area contributed by atoms with E-state index < -0.39 is 5.97 Å². The lowest BCUT2D eigenvalue weighted by molar-refractivity contribution is -0.140. The van der Waals surface area contributed by atoms with Crippen LogP contribution in [0.4, 0.5) is 0 Å². The molecule has 0 bridgehead atoms. The van der Waals surface area contributed by atoms with Gasteiger partial charge in [-0.2, -0.15) is 0 Å². The fourth-order valence-electron chi connectivity index (χ4n) is 4.27. The van der Waals surface area contributed by atoms with E-state index in [1.807, 2.05) is 42.5 Å². The van der Waals surface area contributed by atoms with Gasteiger partial charge in [-0.1, -0.05) is 91.9 Å². The summed E-state index contributed by atoms with van der Waals surface area (Å²) in [6, 6.07) is 20.1. The fraction of sp³-hybridized carbons (Fsp3) is 0.296. The van der Waals surface area contributed by atoms with E-state index in [1.165, 1.54) is 42.2 Å². The van der Waals surface area contributed by atoms with Gasteiger partial charge in [0.2, 0.25) is 5.78 Å². The van der Waals surface area contributed by atoms with Gasteiger partial charge in [0.15, 0.2) is 0 Å². The molecule has 1 saturated carbocycles. The van der Waals surface area contributed by atoms with Crippen LogP contribution >= 0.6 is 11.3 Å². The molecule has 0 aliphatic heterocycles. The van der Waals surface area contributed by atoms with Crippen LogP contribution in [-0.2, 0) is 9.63 Å². The summed E-state index contributed by atoms with van der Waals surface area (Å²) in [6.45, 7) is 1.30. The molecular formula is C27H27NO3S. The van der Waals surface area contributed by atoms with E-state index in [4.69, 9.17) is 4.84 Å². The smallest absolute Gasteiger partial charge is 0.318 e. The van der Waals surface area contributed by atoms with Crippen molar-refractivity contribution in [2.45, 2.75) is 45.4 Å². The third-order valence-corrected chi connectivity index (χ3v) is 6.88. The molecule has 0 N–H and O–H groups in total. The predicted molar refractivity (Wildman–Crippen MR) is 130 cm³/mol. The molecule has 3 aromatic rings. The molecular weight excluding hydrogens is 418 g/mol. The Bertz CT molecular complexity index is 1090. The van der Waals surface area contributed by atoms with Gasteiger partial charge in [-0.25, -0.2) is 4.79 Å². The van der Waals surface area contributed by atoms with Crippen LogP contribution in [0.15, 0.2) is 71.2 Å². The SMILES string of the molecule is CC(=O)ON=C(CC1CCCCC1)C(=O)c1ccc(-c2sccc2-c2ccccc2)cc1. The molecule has 0 radical (unpaired) electrons. The Kier molecular flexibility index (Phi) is 7.28. The van der Waals surface area contributed by atoms with Gasteiger partial charge in [0.25, 0.3) is 0 Å². The lowest BCUT2D eigenvalue weighted by Crippen LogP contribution is -2.21. The summed E-state index contributed by atoms with van der Waals surface area (Å²) < 4.78 is 0. The van der Waals surface area contributed by atoms with E-state index in [1.54, 1.807) is 11.3 Å². The summed E-state index contributed by atoms with van der Waals surface area (Å²) in [7, 11) is 0. The fourth-order valence-corrected chi connectivity index (χ4v) is 5.20. The second kappa shape index (κ2) is 10.5. The van der Waals surface area contributed by atoms with Crippen LogP contribution in [-0.4, -0.2) is 17.5 Å². The van der Waals surface area contributed by atoms with Crippen LogP contribution in [0.25, 0.3) is 21.6 Å². The van der Waals surface area contributed by atoms with Crippen molar-refractivity contribution in [2.24, 2.45) is 11.1 Å². The average Bonchev–Trinajstić information content (AvgIpc) is 3.32. The Balaban J connectivity index is 1.56. The number of ketones is 1. The number of benzene rings is 2.